The van der Waals surface area contributed by atoms with Crippen molar-refractivity contribution < 1.29 is 9.59 Å². The molecule has 1 aliphatic carbocycles. The summed E-state index contributed by atoms with van der Waals surface area (Å²) >= 11 is 6.02. The first-order chi connectivity index (χ1) is 10.5. The second-order valence-corrected chi connectivity index (χ2v) is 5.92. The van der Waals surface area contributed by atoms with E-state index in [1.165, 1.54) is 0 Å². The van der Waals surface area contributed by atoms with Gasteiger partial charge < -0.3 is 11.1 Å². The fourth-order valence-corrected chi connectivity index (χ4v) is 2.72. The van der Waals surface area contributed by atoms with E-state index in [1.54, 1.807) is 30.3 Å². The van der Waals surface area contributed by atoms with Gasteiger partial charge in [-0.3, -0.25) is 9.59 Å². The Kier molecular flexibility index (Phi) is 3.62. The van der Waals surface area contributed by atoms with Gasteiger partial charge >= 0.3 is 0 Å². The van der Waals surface area contributed by atoms with Crippen LogP contribution in [0.1, 0.15) is 28.8 Å². The van der Waals surface area contributed by atoms with Crippen LogP contribution in [-0.2, 0) is 10.2 Å². The highest BCUT2D eigenvalue weighted by atomic mass is 35.5. The number of carbonyl (C=O) groups is 2. The molecule has 4 nitrogen and oxygen atoms in total. The smallest absolute Gasteiger partial charge is 0.248 e. The van der Waals surface area contributed by atoms with E-state index in [-0.39, 0.29) is 5.91 Å². The van der Waals surface area contributed by atoms with Gasteiger partial charge in [-0.2, -0.15) is 0 Å². The van der Waals surface area contributed by atoms with Gasteiger partial charge in [-0.1, -0.05) is 23.7 Å². The number of rotatable bonds is 4. The fraction of sp³-hybridized carbons (Fsp3) is 0.176. The number of carbonyl (C=O) groups excluding carboxylic acids is 2. The highest BCUT2D eigenvalue weighted by molar-refractivity contribution is 6.30. The van der Waals surface area contributed by atoms with Crippen molar-refractivity contribution in [2.45, 2.75) is 18.3 Å². The van der Waals surface area contributed by atoms with Gasteiger partial charge in [0.1, 0.15) is 0 Å². The molecular formula is C17H15ClN2O2. The molecule has 1 saturated carbocycles. The van der Waals surface area contributed by atoms with E-state index in [9.17, 15) is 9.59 Å². The molecule has 22 heavy (non-hydrogen) atoms. The van der Waals surface area contributed by atoms with Crippen LogP contribution in [0.25, 0.3) is 0 Å². The summed E-state index contributed by atoms with van der Waals surface area (Å²) in [6, 6.07) is 13.9. The lowest BCUT2D eigenvalue weighted by atomic mass is 9.95. The summed E-state index contributed by atoms with van der Waals surface area (Å²) in [5.41, 5.74) is 6.69. The number of halogens is 1. The lowest BCUT2D eigenvalue weighted by Gasteiger charge is -2.16. The van der Waals surface area contributed by atoms with Crippen molar-refractivity contribution in [3.63, 3.8) is 0 Å². The van der Waals surface area contributed by atoms with Crippen LogP contribution in [0, 0.1) is 0 Å². The van der Waals surface area contributed by atoms with Crippen LogP contribution in [0.15, 0.2) is 48.5 Å². The Bertz CT molecular complexity index is 737. The maximum absolute atomic E-state index is 12.6. The molecule has 0 radical (unpaired) electrons. The number of nitrogens with one attached hydrogen (secondary N) is 1. The number of amides is 2. The Morgan fingerprint density at radius 2 is 1.77 bits per heavy atom. The minimum atomic E-state index is -0.493. The van der Waals surface area contributed by atoms with E-state index in [1.807, 2.05) is 18.2 Å². The highest BCUT2D eigenvalue weighted by Crippen LogP contribution is 2.49. The average molecular weight is 315 g/mol. The Morgan fingerprint density at radius 1 is 1.09 bits per heavy atom. The van der Waals surface area contributed by atoms with E-state index in [4.69, 9.17) is 17.3 Å². The molecule has 1 fully saturated rings. The van der Waals surface area contributed by atoms with Gasteiger partial charge in [0.15, 0.2) is 0 Å². The monoisotopic (exact) mass is 314 g/mol. The quantitative estimate of drug-likeness (QED) is 0.910. The van der Waals surface area contributed by atoms with Crippen LogP contribution >= 0.6 is 11.6 Å². The third kappa shape index (κ3) is 2.70. The van der Waals surface area contributed by atoms with E-state index in [0.717, 1.165) is 18.4 Å². The Labute approximate surface area is 133 Å². The average Bonchev–Trinajstić information content (AvgIpc) is 3.29. The first-order valence-corrected chi connectivity index (χ1v) is 7.36. The molecular weight excluding hydrogens is 300 g/mol. The number of benzene rings is 2. The summed E-state index contributed by atoms with van der Waals surface area (Å²) in [4.78, 5) is 23.6. The molecule has 1 aliphatic rings. The van der Waals surface area contributed by atoms with Gasteiger partial charge in [-0.05, 0) is 54.8 Å². The van der Waals surface area contributed by atoms with Crippen LogP contribution in [0.5, 0.6) is 0 Å². The van der Waals surface area contributed by atoms with Crippen molar-refractivity contribution in [2.24, 2.45) is 5.73 Å². The molecule has 0 spiro atoms. The summed E-state index contributed by atoms with van der Waals surface area (Å²) in [5.74, 6) is -0.544. The Balaban J connectivity index is 1.78. The predicted molar refractivity (Wildman–Crippen MR) is 86.0 cm³/mol. The zero-order valence-corrected chi connectivity index (χ0v) is 12.6. The van der Waals surface area contributed by atoms with Crippen LogP contribution in [0.4, 0.5) is 5.69 Å². The molecule has 0 aromatic heterocycles. The molecule has 0 bridgehead atoms. The van der Waals surface area contributed by atoms with E-state index in [2.05, 4.69) is 5.32 Å². The first-order valence-electron chi connectivity index (χ1n) is 6.99. The summed E-state index contributed by atoms with van der Waals surface area (Å²) in [7, 11) is 0. The Hall–Kier alpha value is -2.33. The maximum Gasteiger partial charge on any atom is 0.248 e. The van der Waals surface area contributed by atoms with Crippen LogP contribution < -0.4 is 11.1 Å². The topological polar surface area (TPSA) is 72.2 Å². The Morgan fingerprint density at radius 3 is 2.32 bits per heavy atom. The van der Waals surface area contributed by atoms with E-state index in [0.29, 0.717) is 16.3 Å². The third-order valence-electron chi connectivity index (χ3n) is 3.99. The van der Waals surface area contributed by atoms with Crippen LogP contribution in [0.2, 0.25) is 5.02 Å². The molecule has 0 saturated heterocycles. The summed E-state index contributed by atoms with van der Waals surface area (Å²) in [6.07, 6.45) is 1.61. The van der Waals surface area contributed by atoms with Crippen molar-refractivity contribution in [1.82, 2.24) is 0 Å². The minimum absolute atomic E-state index is 0.0541. The SMILES string of the molecule is NC(=O)c1ccc(NC(=O)C2(c3cccc(Cl)c3)CC2)cc1. The molecule has 2 aromatic rings. The lowest BCUT2D eigenvalue weighted by molar-refractivity contribution is -0.118. The number of hydrogen-bond donors (Lipinski definition) is 2. The molecule has 3 N–H and O–H groups in total. The van der Waals surface area contributed by atoms with Gasteiger partial charge in [0.2, 0.25) is 11.8 Å². The van der Waals surface area contributed by atoms with Crippen LogP contribution in [-0.4, -0.2) is 11.8 Å². The van der Waals surface area contributed by atoms with Crippen molar-refractivity contribution in [3.8, 4) is 0 Å². The standard InChI is InChI=1S/C17H15ClN2O2/c18-13-3-1-2-12(10-13)17(8-9-17)16(22)20-14-6-4-11(5-7-14)15(19)21/h1-7,10H,8-9H2,(H2,19,21)(H,20,22). The van der Waals surface area contributed by atoms with Gasteiger partial charge in [0, 0.05) is 16.3 Å². The molecule has 5 heteroatoms. The maximum atomic E-state index is 12.6. The third-order valence-corrected chi connectivity index (χ3v) is 4.22. The van der Waals surface area contributed by atoms with Crippen molar-refractivity contribution in [2.75, 3.05) is 5.32 Å². The molecule has 0 unspecified atom stereocenters. The molecule has 2 aromatic carbocycles. The first kappa shape index (κ1) is 14.6. The summed E-state index contributed by atoms with van der Waals surface area (Å²) in [5, 5.41) is 3.52. The zero-order chi connectivity index (χ0) is 15.7. The van der Waals surface area contributed by atoms with Gasteiger partial charge in [0.05, 0.1) is 5.41 Å². The number of nitrogens with two attached hydrogens (primary N) is 1. The molecule has 0 heterocycles. The minimum Gasteiger partial charge on any atom is -0.366 e. The molecule has 112 valence electrons. The van der Waals surface area contributed by atoms with Crippen molar-refractivity contribution >= 4 is 29.1 Å². The summed E-state index contributed by atoms with van der Waals surface area (Å²) in [6.45, 7) is 0. The predicted octanol–water partition coefficient (Wildman–Crippen LogP) is 3.11. The largest absolute Gasteiger partial charge is 0.366 e. The number of anilines is 1. The zero-order valence-electron chi connectivity index (χ0n) is 11.8. The normalized spacial score (nSPS) is 15.1. The highest BCUT2D eigenvalue weighted by Gasteiger charge is 2.51. The summed E-state index contributed by atoms with van der Waals surface area (Å²) < 4.78 is 0. The van der Waals surface area contributed by atoms with Gasteiger partial charge in [-0.15, -0.1) is 0 Å². The number of primary amides is 1. The molecule has 2 amide bonds. The second kappa shape index (κ2) is 5.46. The fourth-order valence-electron chi connectivity index (χ4n) is 2.53. The van der Waals surface area contributed by atoms with Crippen molar-refractivity contribution in [1.29, 1.82) is 0 Å². The van der Waals surface area contributed by atoms with Gasteiger partial charge in [-0.25, -0.2) is 0 Å². The van der Waals surface area contributed by atoms with E-state index >= 15 is 0 Å². The van der Waals surface area contributed by atoms with E-state index < -0.39 is 11.3 Å². The lowest BCUT2D eigenvalue weighted by Crippen LogP contribution is -2.27. The number of hydrogen-bond acceptors (Lipinski definition) is 2. The molecule has 3 rings (SSSR count). The second-order valence-electron chi connectivity index (χ2n) is 5.49. The van der Waals surface area contributed by atoms with Crippen LogP contribution in [0.3, 0.4) is 0 Å². The van der Waals surface area contributed by atoms with Crippen molar-refractivity contribution in [3.05, 3.63) is 64.7 Å². The van der Waals surface area contributed by atoms with Gasteiger partial charge in [0.25, 0.3) is 0 Å². The molecule has 0 aliphatic heterocycles. The molecule has 0 atom stereocenters.